The zero-order valence-electron chi connectivity index (χ0n) is 21.5. The monoisotopic (exact) mass is 514 g/mol. The second-order valence-corrected chi connectivity index (χ2v) is 10.8. The molecular formula is C27H31ClN2O6. The molecule has 0 aliphatic rings. The SMILES string of the molecule is Cn1c(-c2ccc(OC(=O)OC(C)(C)C)cc2)c(CNC(=O)OC(C)(C)C)c2cc(Cl)ccc2c1=O. The summed E-state index contributed by atoms with van der Waals surface area (Å²) < 4.78 is 17.3. The molecule has 1 N–H and O–H groups in total. The predicted molar refractivity (Wildman–Crippen MR) is 140 cm³/mol. The second-order valence-electron chi connectivity index (χ2n) is 10.3. The van der Waals surface area contributed by atoms with Gasteiger partial charge in [-0.15, -0.1) is 0 Å². The molecule has 0 aliphatic heterocycles. The lowest BCUT2D eigenvalue weighted by atomic mass is 9.98. The highest BCUT2D eigenvalue weighted by Gasteiger charge is 2.21. The minimum Gasteiger partial charge on any atom is -0.444 e. The molecule has 0 unspecified atom stereocenters. The van der Waals surface area contributed by atoms with Gasteiger partial charge in [0.05, 0.1) is 5.69 Å². The van der Waals surface area contributed by atoms with Gasteiger partial charge >= 0.3 is 12.2 Å². The van der Waals surface area contributed by atoms with Gasteiger partial charge in [0.1, 0.15) is 17.0 Å². The molecule has 0 fully saturated rings. The molecule has 0 spiro atoms. The van der Waals surface area contributed by atoms with E-state index in [4.69, 9.17) is 25.8 Å². The van der Waals surface area contributed by atoms with Crippen LogP contribution in [-0.2, 0) is 23.1 Å². The lowest BCUT2D eigenvalue weighted by Crippen LogP contribution is -2.33. The molecule has 3 rings (SSSR count). The number of nitrogens with zero attached hydrogens (tertiary/aromatic N) is 1. The van der Waals surface area contributed by atoms with E-state index in [-0.39, 0.29) is 17.9 Å². The van der Waals surface area contributed by atoms with Crippen LogP contribution in [0.15, 0.2) is 47.3 Å². The predicted octanol–water partition coefficient (Wildman–Crippen LogP) is 6.20. The van der Waals surface area contributed by atoms with E-state index in [0.29, 0.717) is 32.6 Å². The molecule has 36 heavy (non-hydrogen) atoms. The van der Waals surface area contributed by atoms with Gasteiger partial charge in [-0.2, -0.15) is 0 Å². The van der Waals surface area contributed by atoms with Crippen LogP contribution in [0.1, 0.15) is 47.1 Å². The molecule has 3 aromatic rings. The molecule has 1 aromatic heterocycles. The van der Waals surface area contributed by atoms with Gasteiger partial charge in [0, 0.05) is 29.6 Å². The van der Waals surface area contributed by atoms with E-state index < -0.39 is 23.5 Å². The number of alkyl carbamates (subject to hydrolysis) is 1. The number of hydrogen-bond acceptors (Lipinski definition) is 6. The summed E-state index contributed by atoms with van der Waals surface area (Å²) in [4.78, 5) is 37.6. The highest BCUT2D eigenvalue weighted by Crippen LogP contribution is 2.31. The van der Waals surface area contributed by atoms with Gasteiger partial charge in [0.2, 0.25) is 0 Å². The molecule has 0 saturated carbocycles. The number of fused-ring (bicyclic) bond motifs is 1. The number of carbonyl (C=O) groups is 2. The Bertz CT molecular complexity index is 1350. The van der Waals surface area contributed by atoms with Crippen LogP contribution in [0, 0.1) is 0 Å². The van der Waals surface area contributed by atoms with Crippen molar-refractivity contribution in [3.8, 4) is 17.0 Å². The molecule has 0 radical (unpaired) electrons. The third kappa shape index (κ3) is 6.79. The fraction of sp³-hybridized carbons (Fsp3) is 0.370. The van der Waals surface area contributed by atoms with E-state index in [1.165, 1.54) is 4.57 Å². The number of benzene rings is 2. The lowest BCUT2D eigenvalue weighted by molar-refractivity contribution is 0.0206. The third-order valence-electron chi connectivity index (χ3n) is 4.99. The summed E-state index contributed by atoms with van der Waals surface area (Å²) in [7, 11) is 1.66. The van der Waals surface area contributed by atoms with E-state index in [1.54, 1.807) is 91.1 Å². The number of aromatic nitrogens is 1. The lowest BCUT2D eigenvalue weighted by Gasteiger charge is -2.21. The summed E-state index contributed by atoms with van der Waals surface area (Å²) in [6.07, 6.45) is -1.40. The first-order valence-electron chi connectivity index (χ1n) is 11.4. The van der Waals surface area contributed by atoms with Crippen LogP contribution >= 0.6 is 11.6 Å². The highest BCUT2D eigenvalue weighted by atomic mass is 35.5. The standard InChI is InChI=1S/C27H31ClN2O6/c1-26(2,3)35-24(32)29-15-21-20-14-17(28)10-13-19(20)23(31)30(7)22(21)16-8-11-18(12-9-16)34-25(33)36-27(4,5)6/h8-14H,15H2,1-7H3,(H,29,32). The number of carbonyl (C=O) groups excluding carboxylic acids is 2. The highest BCUT2D eigenvalue weighted by molar-refractivity contribution is 6.31. The number of pyridine rings is 1. The Hall–Kier alpha value is -3.52. The molecule has 1 amide bonds. The molecule has 9 heteroatoms. The number of ether oxygens (including phenoxy) is 3. The van der Waals surface area contributed by atoms with Crippen LogP contribution in [-0.4, -0.2) is 28.0 Å². The number of amides is 1. The van der Waals surface area contributed by atoms with Crippen molar-refractivity contribution in [2.24, 2.45) is 7.05 Å². The van der Waals surface area contributed by atoms with Crippen molar-refractivity contribution in [2.45, 2.75) is 59.3 Å². The Morgan fingerprint density at radius 2 is 1.53 bits per heavy atom. The van der Waals surface area contributed by atoms with E-state index in [9.17, 15) is 14.4 Å². The van der Waals surface area contributed by atoms with Crippen LogP contribution < -0.4 is 15.6 Å². The van der Waals surface area contributed by atoms with Crippen molar-refractivity contribution < 1.29 is 23.8 Å². The summed E-state index contributed by atoms with van der Waals surface area (Å²) in [5.74, 6) is 0.287. The Kier molecular flexibility index (Phi) is 7.69. The number of halogens is 1. The fourth-order valence-electron chi connectivity index (χ4n) is 3.63. The van der Waals surface area contributed by atoms with Gasteiger partial charge in [-0.3, -0.25) is 4.79 Å². The van der Waals surface area contributed by atoms with Crippen LogP contribution in [0.2, 0.25) is 5.02 Å². The molecule has 0 saturated heterocycles. The molecule has 0 aliphatic carbocycles. The molecule has 0 atom stereocenters. The van der Waals surface area contributed by atoms with Crippen molar-refractivity contribution in [2.75, 3.05) is 0 Å². The minimum atomic E-state index is -0.815. The number of hydrogen-bond donors (Lipinski definition) is 1. The average molecular weight is 515 g/mol. The molecule has 0 bridgehead atoms. The van der Waals surface area contributed by atoms with Gasteiger partial charge < -0.3 is 24.1 Å². The van der Waals surface area contributed by atoms with Gasteiger partial charge in [-0.05, 0) is 95.0 Å². The summed E-state index contributed by atoms with van der Waals surface area (Å²) in [6, 6.07) is 11.7. The Labute approximate surface area is 215 Å². The van der Waals surface area contributed by atoms with E-state index in [2.05, 4.69) is 5.32 Å². The Balaban J connectivity index is 2.04. The van der Waals surface area contributed by atoms with Crippen molar-refractivity contribution >= 4 is 34.6 Å². The van der Waals surface area contributed by atoms with Crippen molar-refractivity contribution in [3.63, 3.8) is 0 Å². The normalized spacial score (nSPS) is 11.8. The first-order chi connectivity index (χ1) is 16.6. The van der Waals surface area contributed by atoms with Crippen molar-refractivity contribution in [1.29, 1.82) is 0 Å². The maximum atomic E-state index is 13.2. The maximum Gasteiger partial charge on any atom is 0.514 e. The molecule has 8 nitrogen and oxygen atoms in total. The number of rotatable bonds is 4. The molecule has 192 valence electrons. The minimum absolute atomic E-state index is 0.0887. The summed E-state index contributed by atoms with van der Waals surface area (Å²) in [6.45, 7) is 10.7. The average Bonchev–Trinajstić information content (AvgIpc) is 2.73. The van der Waals surface area contributed by atoms with Gasteiger partial charge in [-0.1, -0.05) is 11.6 Å². The van der Waals surface area contributed by atoms with Gasteiger partial charge in [0.25, 0.3) is 5.56 Å². The quantitative estimate of drug-likeness (QED) is 0.329. The van der Waals surface area contributed by atoms with E-state index >= 15 is 0 Å². The summed E-state index contributed by atoms with van der Waals surface area (Å²) in [5.41, 5.74) is 0.375. The maximum absolute atomic E-state index is 13.2. The van der Waals surface area contributed by atoms with Crippen LogP contribution in [0.4, 0.5) is 9.59 Å². The summed E-state index contributed by atoms with van der Waals surface area (Å²) >= 11 is 6.26. The topological polar surface area (TPSA) is 95.9 Å². The van der Waals surface area contributed by atoms with Crippen LogP contribution in [0.5, 0.6) is 5.75 Å². The Morgan fingerprint density at radius 1 is 0.917 bits per heavy atom. The second kappa shape index (κ2) is 10.2. The van der Waals surface area contributed by atoms with Gasteiger partial charge in [0.15, 0.2) is 0 Å². The smallest absolute Gasteiger partial charge is 0.444 e. The van der Waals surface area contributed by atoms with Crippen LogP contribution in [0.25, 0.3) is 22.0 Å². The third-order valence-corrected chi connectivity index (χ3v) is 5.22. The molecule has 1 heterocycles. The van der Waals surface area contributed by atoms with Crippen molar-refractivity contribution in [3.05, 3.63) is 63.4 Å². The largest absolute Gasteiger partial charge is 0.514 e. The zero-order chi connectivity index (χ0) is 26.8. The summed E-state index contributed by atoms with van der Waals surface area (Å²) in [5, 5.41) is 4.32. The fourth-order valence-corrected chi connectivity index (χ4v) is 3.81. The number of nitrogens with one attached hydrogen (secondary N) is 1. The Morgan fingerprint density at radius 3 is 2.11 bits per heavy atom. The van der Waals surface area contributed by atoms with E-state index in [0.717, 1.165) is 0 Å². The van der Waals surface area contributed by atoms with E-state index in [1.807, 2.05) is 0 Å². The first kappa shape index (κ1) is 27.1. The van der Waals surface area contributed by atoms with Gasteiger partial charge in [-0.25, -0.2) is 9.59 Å². The zero-order valence-corrected chi connectivity index (χ0v) is 22.3. The molecular weight excluding hydrogens is 484 g/mol. The van der Waals surface area contributed by atoms with Crippen LogP contribution in [0.3, 0.4) is 0 Å². The first-order valence-corrected chi connectivity index (χ1v) is 11.8. The van der Waals surface area contributed by atoms with Crippen molar-refractivity contribution in [1.82, 2.24) is 9.88 Å². The molecule has 2 aromatic carbocycles.